The molecule has 0 spiro atoms. The number of hydrazone groups is 1. The first-order valence-electron chi connectivity index (χ1n) is 6.25. The second kappa shape index (κ2) is 8.14. The van der Waals surface area contributed by atoms with E-state index < -0.39 is 41.5 Å². The molecule has 0 amide bonds. The van der Waals surface area contributed by atoms with Gasteiger partial charge < -0.3 is 25.5 Å². The van der Waals surface area contributed by atoms with Gasteiger partial charge in [-0.1, -0.05) is 12.1 Å². The Morgan fingerprint density at radius 1 is 1.30 bits per heavy atom. The summed E-state index contributed by atoms with van der Waals surface area (Å²) in [5.74, 6) is -1.73. The Balaban J connectivity index is 3.06. The van der Waals surface area contributed by atoms with Gasteiger partial charge in [-0.05, 0) is 6.07 Å². The number of para-hydroxylation sites is 2. The molecule has 1 rings (SSSR count). The zero-order chi connectivity index (χ0) is 17.6. The molecule has 1 aromatic carbocycles. The van der Waals surface area contributed by atoms with Gasteiger partial charge in [0.2, 0.25) is 0 Å². The number of benzene rings is 1. The van der Waals surface area contributed by atoms with Gasteiger partial charge in [0.15, 0.2) is 5.71 Å². The number of nitrogens with one attached hydrogen (secondary N) is 1. The predicted octanol–water partition coefficient (Wildman–Crippen LogP) is -1.48. The summed E-state index contributed by atoms with van der Waals surface area (Å²) in [6, 6.07) is 5.24. The fraction of sp³-hybridized carbons (Fsp3) is 0.333. The molecular formula is C12H15N3O8. The second-order valence-corrected chi connectivity index (χ2v) is 4.37. The third-order valence-corrected chi connectivity index (χ3v) is 2.80. The van der Waals surface area contributed by atoms with Crippen LogP contribution in [0.3, 0.4) is 0 Å². The number of aliphatic hydroxyl groups is 4. The number of hydrogen-bond acceptors (Lipinski definition) is 9. The van der Waals surface area contributed by atoms with Crippen molar-refractivity contribution < 1.29 is 35.3 Å². The number of carbonyl (C=O) groups is 1. The van der Waals surface area contributed by atoms with Crippen LogP contribution in [0.5, 0.6) is 0 Å². The molecule has 6 N–H and O–H groups in total. The fourth-order valence-electron chi connectivity index (χ4n) is 1.57. The highest BCUT2D eigenvalue weighted by atomic mass is 16.6. The summed E-state index contributed by atoms with van der Waals surface area (Å²) in [6.07, 6.45) is -5.94. The van der Waals surface area contributed by atoms with E-state index in [9.17, 15) is 30.2 Å². The van der Waals surface area contributed by atoms with Crippen LogP contribution in [0, 0.1) is 10.1 Å². The Hall–Kier alpha value is -2.60. The van der Waals surface area contributed by atoms with Crippen LogP contribution in [0.1, 0.15) is 0 Å². The first kappa shape index (κ1) is 18.4. The molecule has 1 aromatic rings. The van der Waals surface area contributed by atoms with Crippen LogP contribution in [-0.2, 0) is 4.79 Å². The van der Waals surface area contributed by atoms with Crippen LogP contribution in [0.15, 0.2) is 29.4 Å². The molecule has 0 aliphatic carbocycles. The number of rotatable bonds is 8. The van der Waals surface area contributed by atoms with Crippen LogP contribution in [-0.4, -0.2) is 67.1 Å². The second-order valence-electron chi connectivity index (χ2n) is 4.37. The molecule has 11 nitrogen and oxygen atoms in total. The fourth-order valence-corrected chi connectivity index (χ4v) is 1.57. The number of aliphatic carboxylic acids is 1. The highest BCUT2D eigenvalue weighted by Crippen LogP contribution is 2.23. The highest BCUT2D eigenvalue weighted by Gasteiger charge is 2.32. The Bertz CT molecular complexity index is 606. The maximum atomic E-state index is 11.1. The Morgan fingerprint density at radius 3 is 2.43 bits per heavy atom. The van der Waals surface area contributed by atoms with Gasteiger partial charge in [0.1, 0.15) is 24.0 Å². The number of nitro benzene ring substituents is 1. The number of carboxylic acid groups (broad SMARTS) is 1. The van der Waals surface area contributed by atoms with Crippen molar-refractivity contribution in [1.82, 2.24) is 0 Å². The van der Waals surface area contributed by atoms with Gasteiger partial charge in [0.05, 0.1) is 11.5 Å². The van der Waals surface area contributed by atoms with Gasteiger partial charge in [0.25, 0.3) is 5.69 Å². The quantitative estimate of drug-likeness (QED) is 0.188. The van der Waals surface area contributed by atoms with Crippen molar-refractivity contribution in [3.05, 3.63) is 34.4 Å². The number of nitrogens with zero attached hydrogens (tertiary/aromatic N) is 2. The zero-order valence-electron chi connectivity index (χ0n) is 11.6. The number of nitro groups is 1. The first-order chi connectivity index (χ1) is 10.8. The maximum absolute atomic E-state index is 11.1. The number of carboxylic acids is 1. The lowest BCUT2D eigenvalue weighted by Gasteiger charge is -2.21. The molecule has 0 saturated heterocycles. The standard InChI is InChI=1S/C12H15N3O8/c16-5-8(17)10(18)11(19)9(12(20)21)14-13-6-3-1-2-4-7(6)15(22)23/h1-4,8,10-11,13,16-19H,5H2,(H,20,21)/b14-9+/t8-,10-,11-/m1/s1. The molecule has 0 aromatic heterocycles. The van der Waals surface area contributed by atoms with E-state index in [1.54, 1.807) is 0 Å². The summed E-state index contributed by atoms with van der Waals surface area (Å²) in [5.41, 5.74) is 0.601. The molecule has 126 valence electrons. The average molecular weight is 329 g/mol. The predicted molar refractivity (Wildman–Crippen MR) is 76.9 cm³/mol. The van der Waals surface area contributed by atoms with Crippen LogP contribution in [0.25, 0.3) is 0 Å². The summed E-state index contributed by atoms with van der Waals surface area (Å²) in [6.45, 7) is -0.914. The van der Waals surface area contributed by atoms with E-state index in [4.69, 9.17) is 10.2 Å². The smallest absolute Gasteiger partial charge is 0.354 e. The maximum Gasteiger partial charge on any atom is 0.354 e. The lowest BCUT2D eigenvalue weighted by atomic mass is 10.0. The lowest BCUT2D eigenvalue weighted by Crippen LogP contribution is -2.46. The first-order valence-corrected chi connectivity index (χ1v) is 6.25. The molecule has 0 heterocycles. The van der Waals surface area contributed by atoms with Crippen molar-refractivity contribution in [2.45, 2.75) is 18.3 Å². The van der Waals surface area contributed by atoms with Crippen molar-refractivity contribution in [3.63, 3.8) is 0 Å². The van der Waals surface area contributed by atoms with Crippen LogP contribution < -0.4 is 5.43 Å². The van der Waals surface area contributed by atoms with Gasteiger partial charge in [-0.2, -0.15) is 5.10 Å². The molecule has 23 heavy (non-hydrogen) atoms. The normalized spacial score (nSPS) is 15.6. The summed E-state index contributed by atoms with van der Waals surface area (Å²) in [5, 5.41) is 60.2. The van der Waals surface area contributed by atoms with E-state index in [-0.39, 0.29) is 11.4 Å². The minimum absolute atomic E-state index is 0.138. The Kier molecular flexibility index (Phi) is 6.53. The molecule has 11 heteroatoms. The van der Waals surface area contributed by atoms with Crippen LogP contribution in [0.2, 0.25) is 0 Å². The lowest BCUT2D eigenvalue weighted by molar-refractivity contribution is -0.384. The Labute approximate surface area is 129 Å². The SMILES string of the molecule is O=C(O)/C(=N/Nc1ccccc1[N+](=O)[O-])[C@@H](O)[C@H](O)[C@H](O)CO. The van der Waals surface area contributed by atoms with Gasteiger partial charge >= 0.3 is 5.97 Å². The van der Waals surface area contributed by atoms with Crippen molar-refractivity contribution in [1.29, 1.82) is 0 Å². The summed E-state index contributed by atoms with van der Waals surface area (Å²) in [4.78, 5) is 21.2. The van der Waals surface area contributed by atoms with Gasteiger partial charge in [-0.25, -0.2) is 4.79 Å². The highest BCUT2D eigenvalue weighted by molar-refractivity contribution is 6.37. The van der Waals surface area contributed by atoms with Gasteiger partial charge in [-0.15, -0.1) is 0 Å². The zero-order valence-corrected chi connectivity index (χ0v) is 11.6. The third-order valence-electron chi connectivity index (χ3n) is 2.80. The number of aliphatic hydroxyl groups excluding tert-OH is 4. The minimum atomic E-state index is -2.13. The molecule has 0 unspecified atom stereocenters. The molecular weight excluding hydrogens is 314 g/mol. The Morgan fingerprint density at radius 2 is 1.91 bits per heavy atom. The van der Waals surface area contributed by atoms with E-state index in [0.29, 0.717) is 0 Å². The van der Waals surface area contributed by atoms with Crippen molar-refractivity contribution in [2.75, 3.05) is 12.0 Å². The third kappa shape index (κ3) is 4.69. The molecule has 0 radical (unpaired) electrons. The van der Waals surface area contributed by atoms with E-state index in [0.717, 1.165) is 6.07 Å². The summed E-state index contributed by atoms with van der Waals surface area (Å²) in [7, 11) is 0. The van der Waals surface area contributed by atoms with E-state index in [2.05, 4.69) is 10.5 Å². The van der Waals surface area contributed by atoms with Crippen molar-refractivity contribution in [3.8, 4) is 0 Å². The van der Waals surface area contributed by atoms with E-state index >= 15 is 0 Å². The molecule has 0 aliphatic heterocycles. The molecule has 0 saturated carbocycles. The van der Waals surface area contributed by atoms with Crippen LogP contribution >= 0.6 is 0 Å². The van der Waals surface area contributed by atoms with E-state index in [1.165, 1.54) is 18.2 Å². The summed E-state index contributed by atoms with van der Waals surface area (Å²) >= 11 is 0. The minimum Gasteiger partial charge on any atom is -0.477 e. The largest absolute Gasteiger partial charge is 0.477 e. The van der Waals surface area contributed by atoms with Crippen LogP contribution in [0.4, 0.5) is 11.4 Å². The topological polar surface area (TPSA) is 186 Å². The van der Waals surface area contributed by atoms with E-state index in [1.807, 2.05) is 0 Å². The van der Waals surface area contributed by atoms with Gasteiger partial charge in [-0.3, -0.25) is 15.5 Å². The average Bonchev–Trinajstić information content (AvgIpc) is 2.53. The molecule has 0 aliphatic rings. The summed E-state index contributed by atoms with van der Waals surface area (Å²) < 4.78 is 0. The number of anilines is 1. The molecule has 0 fully saturated rings. The molecule has 0 bridgehead atoms. The monoisotopic (exact) mass is 329 g/mol. The molecule has 3 atom stereocenters. The number of hydrogen-bond donors (Lipinski definition) is 6. The van der Waals surface area contributed by atoms with Crippen molar-refractivity contribution in [2.24, 2.45) is 5.10 Å². The van der Waals surface area contributed by atoms with Gasteiger partial charge in [0, 0.05) is 6.07 Å². The van der Waals surface area contributed by atoms with Crippen molar-refractivity contribution >= 4 is 23.1 Å².